The second kappa shape index (κ2) is 8.35. The van der Waals surface area contributed by atoms with Crippen LogP contribution in [0.2, 0.25) is 0 Å². The molecule has 2 rings (SSSR count). The molecule has 0 heterocycles. The van der Waals surface area contributed by atoms with Gasteiger partial charge in [0.15, 0.2) is 0 Å². The summed E-state index contributed by atoms with van der Waals surface area (Å²) in [6.07, 6.45) is 4.50. The summed E-state index contributed by atoms with van der Waals surface area (Å²) in [6.45, 7) is 1.78. The maximum absolute atomic E-state index is 11.4. The molecule has 0 saturated carbocycles. The molecule has 1 atom stereocenters. The average Bonchev–Trinajstić information content (AvgIpc) is 2.59. The number of aryl methyl sites for hydroxylation is 2. The zero-order valence-corrected chi connectivity index (χ0v) is 13.0. The van der Waals surface area contributed by atoms with Crippen molar-refractivity contribution in [2.45, 2.75) is 38.5 Å². The third-order valence-electron chi connectivity index (χ3n) is 4.01. The topological polar surface area (TPSA) is 49.3 Å². The van der Waals surface area contributed by atoms with E-state index < -0.39 is 0 Å². The van der Waals surface area contributed by atoms with E-state index in [2.05, 4.69) is 36.4 Å². The molecule has 0 aliphatic carbocycles. The van der Waals surface area contributed by atoms with E-state index in [1.54, 1.807) is 12.4 Å². The quantitative estimate of drug-likeness (QED) is 0.463. The smallest absolute Gasteiger partial charge is 0.250 e. The molecule has 0 bridgehead atoms. The Morgan fingerprint density at radius 3 is 2.05 bits per heavy atom. The minimum atomic E-state index is -0.379. The molecule has 0 aliphatic heterocycles. The lowest BCUT2D eigenvalue weighted by molar-refractivity contribution is -0.130. The fourth-order valence-corrected chi connectivity index (χ4v) is 2.52. The summed E-state index contributed by atoms with van der Waals surface area (Å²) >= 11 is 0. The van der Waals surface area contributed by atoms with E-state index in [-0.39, 0.29) is 11.8 Å². The van der Waals surface area contributed by atoms with E-state index in [9.17, 15) is 4.79 Å². The molecule has 0 fully saturated rings. The number of rotatable bonds is 7. The van der Waals surface area contributed by atoms with E-state index in [4.69, 9.17) is 5.21 Å². The highest BCUT2D eigenvalue weighted by Crippen LogP contribution is 2.17. The molecule has 3 nitrogen and oxygen atoms in total. The van der Waals surface area contributed by atoms with Crippen molar-refractivity contribution in [2.24, 2.45) is 0 Å². The molecule has 0 radical (unpaired) electrons. The number of benzene rings is 2. The van der Waals surface area contributed by atoms with Gasteiger partial charge < -0.3 is 0 Å². The van der Waals surface area contributed by atoms with E-state index in [1.165, 1.54) is 17.5 Å². The Hall–Kier alpha value is -2.13. The molecule has 1 amide bonds. The Balaban J connectivity index is 1.78. The molecule has 2 aromatic carbocycles. The van der Waals surface area contributed by atoms with E-state index in [1.807, 2.05) is 18.2 Å². The molecule has 3 heteroatoms. The predicted molar refractivity (Wildman–Crippen MR) is 87.9 cm³/mol. The number of nitrogens with one attached hydrogen (secondary N) is 1. The summed E-state index contributed by atoms with van der Waals surface area (Å²) in [5.41, 5.74) is 5.29. The van der Waals surface area contributed by atoms with Crippen molar-refractivity contribution in [1.82, 2.24) is 5.48 Å². The Morgan fingerprint density at radius 2 is 1.50 bits per heavy atom. The molecule has 1 unspecified atom stereocenters. The summed E-state index contributed by atoms with van der Waals surface area (Å²) < 4.78 is 0. The Labute approximate surface area is 132 Å². The van der Waals surface area contributed by atoms with Crippen LogP contribution in [0.25, 0.3) is 0 Å². The minimum absolute atomic E-state index is 0.336. The van der Waals surface area contributed by atoms with Gasteiger partial charge in [-0.05, 0) is 49.3 Å². The van der Waals surface area contributed by atoms with Crippen molar-refractivity contribution in [2.75, 3.05) is 0 Å². The van der Waals surface area contributed by atoms with Crippen LogP contribution in [0.3, 0.4) is 0 Å². The lowest BCUT2D eigenvalue weighted by atomic mass is 9.97. The first kappa shape index (κ1) is 16.2. The van der Waals surface area contributed by atoms with Gasteiger partial charge in [0.25, 0.3) is 5.91 Å². The first-order valence-corrected chi connectivity index (χ1v) is 7.77. The fourth-order valence-electron chi connectivity index (χ4n) is 2.52. The highest BCUT2D eigenvalue weighted by atomic mass is 16.5. The number of unbranched alkanes of at least 4 members (excludes halogenated alkanes) is 1. The van der Waals surface area contributed by atoms with Gasteiger partial charge in [-0.25, -0.2) is 5.48 Å². The maximum Gasteiger partial charge on any atom is 0.250 e. The summed E-state index contributed by atoms with van der Waals surface area (Å²) in [5, 5.41) is 8.66. The van der Waals surface area contributed by atoms with Crippen molar-refractivity contribution >= 4 is 5.91 Å². The molecular weight excluding hydrogens is 274 g/mol. The Bertz CT molecular complexity index is 578. The number of amides is 1. The molecule has 2 N–H and O–H groups in total. The van der Waals surface area contributed by atoms with Gasteiger partial charge in [-0.1, -0.05) is 54.6 Å². The largest absolute Gasteiger partial charge is 0.289 e. The van der Waals surface area contributed by atoms with Gasteiger partial charge in [0.05, 0.1) is 5.92 Å². The Kier molecular flexibility index (Phi) is 6.16. The second-order valence-corrected chi connectivity index (χ2v) is 5.63. The van der Waals surface area contributed by atoms with Crippen molar-refractivity contribution in [3.05, 3.63) is 71.3 Å². The first-order chi connectivity index (χ1) is 10.7. The zero-order chi connectivity index (χ0) is 15.8. The highest BCUT2D eigenvalue weighted by Gasteiger charge is 2.13. The lowest BCUT2D eigenvalue weighted by Crippen LogP contribution is -2.24. The van der Waals surface area contributed by atoms with Crippen LogP contribution in [0.4, 0.5) is 0 Å². The van der Waals surface area contributed by atoms with Crippen LogP contribution in [0, 0.1) is 0 Å². The Morgan fingerprint density at radius 1 is 0.955 bits per heavy atom. The van der Waals surface area contributed by atoms with Gasteiger partial charge in [-0.15, -0.1) is 0 Å². The first-order valence-electron chi connectivity index (χ1n) is 7.77. The highest BCUT2D eigenvalue weighted by molar-refractivity contribution is 5.82. The van der Waals surface area contributed by atoms with E-state index >= 15 is 0 Å². The molecule has 0 aromatic heterocycles. The van der Waals surface area contributed by atoms with Crippen LogP contribution in [0.15, 0.2) is 54.6 Å². The molecular formula is C19H23NO2. The van der Waals surface area contributed by atoms with Gasteiger partial charge >= 0.3 is 0 Å². The number of carbonyl (C=O) groups is 1. The van der Waals surface area contributed by atoms with Gasteiger partial charge in [0, 0.05) is 0 Å². The molecule has 2 aromatic rings. The number of hydroxylamine groups is 1. The van der Waals surface area contributed by atoms with Crippen LogP contribution < -0.4 is 5.48 Å². The number of carbonyl (C=O) groups excluding carboxylic acids is 1. The summed E-state index contributed by atoms with van der Waals surface area (Å²) in [6, 6.07) is 18.6. The molecule has 0 saturated heterocycles. The van der Waals surface area contributed by atoms with Crippen LogP contribution in [0.5, 0.6) is 0 Å². The zero-order valence-electron chi connectivity index (χ0n) is 13.0. The monoisotopic (exact) mass is 297 g/mol. The minimum Gasteiger partial charge on any atom is -0.289 e. The molecule has 0 aliphatic rings. The van der Waals surface area contributed by atoms with E-state index in [0.29, 0.717) is 0 Å². The van der Waals surface area contributed by atoms with Crippen molar-refractivity contribution in [1.29, 1.82) is 0 Å². The third-order valence-corrected chi connectivity index (χ3v) is 4.01. The van der Waals surface area contributed by atoms with Crippen molar-refractivity contribution in [3.8, 4) is 0 Å². The van der Waals surface area contributed by atoms with Gasteiger partial charge in [0.2, 0.25) is 0 Å². The van der Waals surface area contributed by atoms with Gasteiger partial charge in [0.1, 0.15) is 0 Å². The third kappa shape index (κ3) is 4.71. The van der Waals surface area contributed by atoms with Crippen molar-refractivity contribution < 1.29 is 10.0 Å². The summed E-state index contributed by atoms with van der Waals surface area (Å²) in [5.74, 6) is -0.715. The molecule has 0 spiro atoms. The van der Waals surface area contributed by atoms with Crippen LogP contribution in [0.1, 0.15) is 42.4 Å². The normalized spacial score (nSPS) is 11.9. The summed E-state index contributed by atoms with van der Waals surface area (Å²) in [7, 11) is 0. The number of hydrogen-bond donors (Lipinski definition) is 2. The van der Waals surface area contributed by atoms with Crippen LogP contribution in [-0.4, -0.2) is 11.1 Å². The predicted octanol–water partition coefficient (Wildman–Crippen LogP) is 3.86. The van der Waals surface area contributed by atoms with Crippen LogP contribution in [-0.2, 0) is 17.6 Å². The lowest BCUT2D eigenvalue weighted by Gasteiger charge is -2.10. The number of hydrogen-bond acceptors (Lipinski definition) is 2. The molecule has 116 valence electrons. The van der Waals surface area contributed by atoms with E-state index in [0.717, 1.165) is 24.8 Å². The standard InChI is InChI=1S/C19H23NO2/c1-15(19(21)20-22)18-13-11-17(12-14-18)10-6-5-9-16-7-3-2-4-8-16/h2-4,7-8,11-15,22H,5-6,9-10H2,1H3,(H,20,21). The second-order valence-electron chi connectivity index (χ2n) is 5.63. The maximum atomic E-state index is 11.4. The van der Waals surface area contributed by atoms with Gasteiger partial charge in [-0.2, -0.15) is 0 Å². The van der Waals surface area contributed by atoms with Gasteiger partial charge in [-0.3, -0.25) is 10.0 Å². The fraction of sp³-hybridized carbons (Fsp3) is 0.316. The average molecular weight is 297 g/mol. The SMILES string of the molecule is CC(C(=O)NO)c1ccc(CCCCc2ccccc2)cc1. The summed E-state index contributed by atoms with van der Waals surface area (Å²) in [4.78, 5) is 11.4. The molecule has 22 heavy (non-hydrogen) atoms. The van der Waals surface area contributed by atoms with Crippen LogP contribution >= 0.6 is 0 Å². The van der Waals surface area contributed by atoms with Crippen molar-refractivity contribution in [3.63, 3.8) is 0 Å².